The lowest BCUT2D eigenvalue weighted by atomic mass is 9.89. The zero-order valence-electron chi connectivity index (χ0n) is 10.9. The van der Waals surface area contributed by atoms with Crippen molar-refractivity contribution in [1.29, 1.82) is 0 Å². The van der Waals surface area contributed by atoms with Gasteiger partial charge in [-0.2, -0.15) is 0 Å². The second-order valence-electron chi connectivity index (χ2n) is 4.66. The highest BCUT2D eigenvalue weighted by Gasteiger charge is 2.27. The monoisotopic (exact) mass is 243 g/mol. The van der Waals surface area contributed by atoms with Gasteiger partial charge >= 0.3 is 5.97 Å². The highest BCUT2D eigenvalue weighted by molar-refractivity contribution is 5.89. The fourth-order valence-electron chi connectivity index (χ4n) is 2.22. The number of nitrogens with zero attached hydrogens (tertiary/aromatic N) is 1. The maximum absolute atomic E-state index is 11.9. The van der Waals surface area contributed by atoms with Gasteiger partial charge in [-0.3, -0.25) is 9.78 Å². The first-order valence-electron chi connectivity index (χ1n) is 6.06. The lowest BCUT2D eigenvalue weighted by Crippen LogP contribution is -2.21. The van der Waals surface area contributed by atoms with Crippen molar-refractivity contribution in [3.05, 3.63) is 42.2 Å². The summed E-state index contributed by atoms with van der Waals surface area (Å²) in [5, 5.41) is 2.11. The quantitative estimate of drug-likeness (QED) is 0.777. The van der Waals surface area contributed by atoms with E-state index < -0.39 is 0 Å². The zero-order valence-corrected chi connectivity index (χ0v) is 10.9. The van der Waals surface area contributed by atoms with E-state index in [1.54, 1.807) is 6.20 Å². The predicted molar refractivity (Wildman–Crippen MR) is 71.3 cm³/mol. The van der Waals surface area contributed by atoms with Crippen molar-refractivity contribution in [2.75, 3.05) is 7.11 Å². The fraction of sp³-hybridized carbons (Fsp3) is 0.333. The normalized spacial score (nSPS) is 12.7. The first-order valence-corrected chi connectivity index (χ1v) is 6.06. The Morgan fingerprint density at radius 2 is 1.94 bits per heavy atom. The molecule has 1 atom stereocenters. The average Bonchev–Trinajstić information content (AvgIpc) is 2.38. The van der Waals surface area contributed by atoms with Gasteiger partial charge in [-0.25, -0.2) is 0 Å². The zero-order chi connectivity index (χ0) is 13.1. The van der Waals surface area contributed by atoms with Crippen molar-refractivity contribution in [1.82, 2.24) is 4.98 Å². The molecule has 94 valence electrons. The molecule has 3 nitrogen and oxygen atoms in total. The minimum absolute atomic E-state index is 0.149. The third kappa shape index (κ3) is 2.21. The molecule has 0 saturated carbocycles. The molecule has 0 fully saturated rings. The molecular weight excluding hydrogens is 226 g/mol. The molecule has 2 aromatic rings. The molecule has 2 rings (SSSR count). The Morgan fingerprint density at radius 1 is 1.22 bits per heavy atom. The number of benzene rings is 1. The summed E-state index contributed by atoms with van der Waals surface area (Å²) in [4.78, 5) is 16.3. The summed E-state index contributed by atoms with van der Waals surface area (Å²) in [7, 11) is 1.42. The van der Waals surface area contributed by atoms with E-state index in [2.05, 4.69) is 4.98 Å². The van der Waals surface area contributed by atoms with E-state index in [4.69, 9.17) is 4.74 Å². The molecule has 0 spiro atoms. The summed E-state index contributed by atoms with van der Waals surface area (Å²) in [6.45, 7) is 4.01. The number of aromatic nitrogens is 1. The van der Waals surface area contributed by atoms with Crippen molar-refractivity contribution in [3.63, 3.8) is 0 Å². The predicted octanol–water partition coefficient (Wildman–Crippen LogP) is 3.15. The molecule has 1 aromatic heterocycles. The van der Waals surface area contributed by atoms with Crippen molar-refractivity contribution in [2.45, 2.75) is 19.8 Å². The highest BCUT2D eigenvalue weighted by Crippen LogP contribution is 2.29. The second kappa shape index (κ2) is 5.17. The minimum Gasteiger partial charge on any atom is -0.468 e. The van der Waals surface area contributed by atoms with Crippen LogP contribution < -0.4 is 0 Å². The number of methoxy groups -OCH3 is 1. The summed E-state index contributed by atoms with van der Waals surface area (Å²) in [6.07, 6.45) is 1.75. The number of hydrogen-bond donors (Lipinski definition) is 0. The summed E-state index contributed by atoms with van der Waals surface area (Å²) in [5.74, 6) is -0.397. The van der Waals surface area contributed by atoms with E-state index in [9.17, 15) is 4.79 Å². The van der Waals surface area contributed by atoms with Gasteiger partial charge in [-0.05, 0) is 17.4 Å². The SMILES string of the molecule is COC(=O)C(c1nccc2ccccc12)C(C)C. The molecule has 18 heavy (non-hydrogen) atoms. The van der Waals surface area contributed by atoms with Crippen LogP contribution in [0, 0.1) is 5.92 Å². The van der Waals surface area contributed by atoms with Crippen LogP contribution in [0.15, 0.2) is 36.5 Å². The van der Waals surface area contributed by atoms with E-state index >= 15 is 0 Å². The minimum atomic E-state index is -0.318. The van der Waals surface area contributed by atoms with Crippen LogP contribution >= 0.6 is 0 Å². The van der Waals surface area contributed by atoms with Gasteiger partial charge in [0.1, 0.15) is 5.92 Å². The van der Waals surface area contributed by atoms with Crippen molar-refractivity contribution in [3.8, 4) is 0 Å². The average molecular weight is 243 g/mol. The first-order chi connectivity index (χ1) is 8.65. The fourth-order valence-corrected chi connectivity index (χ4v) is 2.22. The molecule has 0 aliphatic heterocycles. The van der Waals surface area contributed by atoms with Gasteiger partial charge < -0.3 is 4.74 Å². The van der Waals surface area contributed by atoms with Crippen LogP contribution in [0.4, 0.5) is 0 Å². The number of pyridine rings is 1. The van der Waals surface area contributed by atoms with Gasteiger partial charge in [0, 0.05) is 11.6 Å². The maximum Gasteiger partial charge on any atom is 0.315 e. The molecule has 1 unspecified atom stereocenters. The molecule has 0 N–H and O–H groups in total. The van der Waals surface area contributed by atoms with Crippen molar-refractivity contribution in [2.24, 2.45) is 5.92 Å². The molecule has 0 radical (unpaired) electrons. The van der Waals surface area contributed by atoms with Crippen molar-refractivity contribution >= 4 is 16.7 Å². The summed E-state index contributed by atoms with van der Waals surface area (Å²) in [6, 6.07) is 9.91. The summed E-state index contributed by atoms with van der Waals surface area (Å²) < 4.78 is 4.90. The van der Waals surface area contributed by atoms with E-state index in [1.165, 1.54) is 7.11 Å². The smallest absolute Gasteiger partial charge is 0.315 e. The number of rotatable bonds is 3. The Morgan fingerprint density at radius 3 is 2.61 bits per heavy atom. The number of esters is 1. The Labute approximate surface area is 107 Å². The van der Waals surface area contributed by atoms with E-state index in [0.717, 1.165) is 16.5 Å². The van der Waals surface area contributed by atoms with Gasteiger partial charge in [-0.1, -0.05) is 38.1 Å². The van der Waals surface area contributed by atoms with E-state index in [1.807, 2.05) is 44.2 Å². The molecule has 3 heteroatoms. The Hall–Kier alpha value is -1.90. The third-order valence-corrected chi connectivity index (χ3v) is 3.12. The van der Waals surface area contributed by atoms with Gasteiger partial charge in [-0.15, -0.1) is 0 Å². The van der Waals surface area contributed by atoms with Crippen LogP contribution in [0.2, 0.25) is 0 Å². The van der Waals surface area contributed by atoms with Crippen LogP contribution in [0.5, 0.6) is 0 Å². The van der Waals surface area contributed by atoms with Crippen molar-refractivity contribution < 1.29 is 9.53 Å². The topological polar surface area (TPSA) is 39.2 Å². The molecule has 0 amide bonds. The number of hydrogen-bond acceptors (Lipinski definition) is 3. The van der Waals surface area contributed by atoms with E-state index in [-0.39, 0.29) is 17.8 Å². The summed E-state index contributed by atoms with van der Waals surface area (Å²) >= 11 is 0. The molecule has 0 saturated heterocycles. The van der Waals surface area contributed by atoms with Crippen LogP contribution in [0.3, 0.4) is 0 Å². The molecule has 0 aliphatic rings. The number of carbonyl (C=O) groups excluding carboxylic acids is 1. The number of fused-ring (bicyclic) bond motifs is 1. The lowest BCUT2D eigenvalue weighted by molar-refractivity contribution is -0.143. The third-order valence-electron chi connectivity index (χ3n) is 3.12. The lowest BCUT2D eigenvalue weighted by Gasteiger charge is -2.19. The number of ether oxygens (including phenoxy) is 1. The van der Waals surface area contributed by atoms with Crippen LogP contribution in [0.25, 0.3) is 10.8 Å². The Bertz CT molecular complexity index is 558. The molecule has 0 bridgehead atoms. The van der Waals surface area contributed by atoms with Gasteiger partial charge in [0.15, 0.2) is 0 Å². The number of carbonyl (C=O) groups is 1. The van der Waals surface area contributed by atoms with Gasteiger partial charge in [0.05, 0.1) is 12.8 Å². The molecular formula is C15H17NO2. The maximum atomic E-state index is 11.9. The Balaban J connectivity index is 2.61. The summed E-state index contributed by atoms with van der Waals surface area (Å²) in [5.41, 5.74) is 0.801. The molecule has 1 aromatic carbocycles. The van der Waals surface area contributed by atoms with Gasteiger partial charge in [0.2, 0.25) is 0 Å². The van der Waals surface area contributed by atoms with Crippen LogP contribution in [-0.4, -0.2) is 18.1 Å². The standard InChI is InChI=1S/C15H17NO2/c1-10(2)13(15(17)18-3)14-12-7-5-4-6-11(12)8-9-16-14/h4-10,13H,1-3H3. The van der Waals surface area contributed by atoms with Crippen LogP contribution in [0.1, 0.15) is 25.5 Å². The van der Waals surface area contributed by atoms with E-state index in [0.29, 0.717) is 0 Å². The largest absolute Gasteiger partial charge is 0.468 e. The molecule has 1 heterocycles. The van der Waals surface area contributed by atoms with Crippen LogP contribution in [-0.2, 0) is 9.53 Å². The molecule has 0 aliphatic carbocycles. The first kappa shape index (κ1) is 12.6. The van der Waals surface area contributed by atoms with Gasteiger partial charge in [0.25, 0.3) is 0 Å². The Kier molecular flexibility index (Phi) is 3.60. The highest BCUT2D eigenvalue weighted by atomic mass is 16.5. The second-order valence-corrected chi connectivity index (χ2v) is 4.66.